The summed E-state index contributed by atoms with van der Waals surface area (Å²) in [5, 5.41) is 0.629. The summed E-state index contributed by atoms with van der Waals surface area (Å²) >= 11 is 6.89. The summed E-state index contributed by atoms with van der Waals surface area (Å²) in [4.78, 5) is 7.45. The van der Waals surface area contributed by atoms with Crippen LogP contribution in [0.4, 0.5) is 0 Å². The number of thioether (sulfide) groups is 1. The predicted molar refractivity (Wildman–Crippen MR) is 60.6 cm³/mol. The van der Waals surface area contributed by atoms with E-state index in [0.29, 0.717) is 9.89 Å². The van der Waals surface area contributed by atoms with Crippen LogP contribution >= 0.6 is 24.0 Å². The maximum absolute atomic E-state index is 5.03. The van der Waals surface area contributed by atoms with Crippen LogP contribution in [-0.4, -0.2) is 15.2 Å². The Bertz CT molecular complexity index is 331. The quantitative estimate of drug-likeness (QED) is 0.784. The van der Waals surface area contributed by atoms with Crippen LogP contribution in [0.5, 0.6) is 0 Å². The van der Waals surface area contributed by atoms with Crippen molar-refractivity contribution in [3.05, 3.63) is 22.2 Å². The van der Waals surface area contributed by atoms with Crippen molar-refractivity contribution < 1.29 is 0 Å². The molecule has 0 saturated heterocycles. The molecule has 0 spiro atoms. The van der Waals surface area contributed by atoms with Crippen molar-refractivity contribution in [1.82, 2.24) is 9.97 Å². The van der Waals surface area contributed by atoms with Gasteiger partial charge in [0.05, 0.1) is 5.75 Å². The molecule has 1 aromatic heterocycles. The second kappa shape index (κ2) is 4.77. The third kappa shape index (κ3) is 3.91. The van der Waals surface area contributed by atoms with Crippen LogP contribution in [0.2, 0.25) is 0 Å². The Kier molecular flexibility index (Phi) is 3.93. The molecule has 1 rings (SSSR count). The summed E-state index contributed by atoms with van der Waals surface area (Å²) in [6.45, 7) is 6.35. The van der Waals surface area contributed by atoms with Crippen molar-refractivity contribution in [2.45, 2.75) is 31.8 Å². The Hall–Kier alpha value is -0.350. The van der Waals surface area contributed by atoms with Crippen LogP contribution in [0.3, 0.4) is 0 Å². The fourth-order valence-corrected chi connectivity index (χ4v) is 1.87. The number of hydrogen-bond donors (Lipinski definition) is 1. The van der Waals surface area contributed by atoms with Gasteiger partial charge >= 0.3 is 0 Å². The largest absolute Gasteiger partial charge is 0.347 e. The predicted octanol–water partition coefficient (Wildman–Crippen LogP) is 3.09. The Morgan fingerprint density at radius 2 is 2.31 bits per heavy atom. The highest BCUT2D eigenvalue weighted by Crippen LogP contribution is 2.14. The lowest BCUT2D eigenvalue weighted by Crippen LogP contribution is -1.97. The summed E-state index contributed by atoms with van der Waals surface area (Å²) < 4.78 is 0.676. The van der Waals surface area contributed by atoms with Crippen molar-refractivity contribution >= 4 is 24.0 Å². The van der Waals surface area contributed by atoms with Gasteiger partial charge in [0.25, 0.3) is 0 Å². The van der Waals surface area contributed by atoms with Gasteiger partial charge in [0, 0.05) is 5.69 Å². The van der Waals surface area contributed by atoms with Crippen LogP contribution in [0.1, 0.15) is 25.4 Å². The molecule has 0 aliphatic rings. The van der Waals surface area contributed by atoms with Gasteiger partial charge in [-0.2, -0.15) is 11.8 Å². The van der Waals surface area contributed by atoms with Crippen LogP contribution in [-0.2, 0) is 5.75 Å². The Morgan fingerprint density at radius 1 is 1.62 bits per heavy atom. The molecule has 0 aliphatic carbocycles. The maximum atomic E-state index is 5.03. The number of aromatic amines is 1. The zero-order valence-electron chi connectivity index (χ0n) is 8.13. The molecule has 1 heterocycles. The number of hydrogen-bond acceptors (Lipinski definition) is 3. The minimum Gasteiger partial charge on any atom is -0.347 e. The number of aryl methyl sites for hydroxylation is 1. The number of H-pyrrole nitrogens is 1. The number of rotatable bonds is 3. The highest BCUT2D eigenvalue weighted by molar-refractivity contribution is 7.99. The van der Waals surface area contributed by atoms with Gasteiger partial charge in [-0.05, 0) is 18.2 Å². The molecule has 0 bridgehead atoms. The normalized spacial score (nSPS) is 10.8. The van der Waals surface area contributed by atoms with Gasteiger partial charge in [-0.3, -0.25) is 0 Å². The third-order valence-corrected chi connectivity index (χ3v) is 2.80. The summed E-state index contributed by atoms with van der Waals surface area (Å²) in [7, 11) is 0. The Labute approximate surface area is 88.2 Å². The zero-order chi connectivity index (χ0) is 9.84. The van der Waals surface area contributed by atoms with Crippen molar-refractivity contribution in [1.29, 1.82) is 0 Å². The van der Waals surface area contributed by atoms with Crippen LogP contribution in [0, 0.1) is 11.6 Å². The molecule has 0 aliphatic heterocycles. The average molecular weight is 214 g/mol. The summed E-state index contributed by atoms with van der Waals surface area (Å²) in [6, 6.07) is 1.87. The molecular formula is C9H14N2S2. The molecule has 0 saturated carbocycles. The van der Waals surface area contributed by atoms with Gasteiger partial charge in [0.2, 0.25) is 0 Å². The van der Waals surface area contributed by atoms with Gasteiger partial charge in [-0.25, -0.2) is 4.98 Å². The van der Waals surface area contributed by atoms with Gasteiger partial charge in [-0.15, -0.1) is 0 Å². The molecular weight excluding hydrogens is 200 g/mol. The van der Waals surface area contributed by atoms with E-state index in [0.717, 1.165) is 17.3 Å². The van der Waals surface area contributed by atoms with Crippen molar-refractivity contribution in [3.63, 3.8) is 0 Å². The van der Waals surface area contributed by atoms with Gasteiger partial charge in [-0.1, -0.05) is 26.1 Å². The molecule has 0 aromatic carbocycles. The van der Waals surface area contributed by atoms with E-state index in [1.807, 2.05) is 24.8 Å². The van der Waals surface area contributed by atoms with E-state index in [-0.39, 0.29) is 0 Å². The standard InChI is InChI=1S/C9H14N2S2/c1-6(2)13-5-8-10-7(3)4-9(12)11-8/h4,6H,5H2,1-3H3,(H,10,11,12). The van der Waals surface area contributed by atoms with Gasteiger partial charge in [0.1, 0.15) is 10.5 Å². The number of nitrogens with zero attached hydrogens (tertiary/aromatic N) is 1. The van der Waals surface area contributed by atoms with Crippen molar-refractivity contribution in [2.75, 3.05) is 0 Å². The smallest absolute Gasteiger partial charge is 0.130 e. The zero-order valence-corrected chi connectivity index (χ0v) is 9.76. The van der Waals surface area contributed by atoms with E-state index in [1.54, 1.807) is 0 Å². The lowest BCUT2D eigenvalue weighted by Gasteiger charge is -2.04. The summed E-state index contributed by atoms with van der Waals surface area (Å²) in [6.07, 6.45) is 0. The van der Waals surface area contributed by atoms with Gasteiger partial charge < -0.3 is 4.98 Å². The lowest BCUT2D eigenvalue weighted by molar-refractivity contribution is 0.979. The molecule has 13 heavy (non-hydrogen) atoms. The topological polar surface area (TPSA) is 28.7 Å². The molecule has 0 atom stereocenters. The van der Waals surface area contributed by atoms with Crippen molar-refractivity contribution in [3.8, 4) is 0 Å². The van der Waals surface area contributed by atoms with E-state index in [9.17, 15) is 0 Å². The molecule has 1 aromatic rings. The fraction of sp³-hybridized carbons (Fsp3) is 0.556. The molecule has 0 amide bonds. The molecule has 0 radical (unpaired) electrons. The fourth-order valence-electron chi connectivity index (χ4n) is 0.956. The molecule has 72 valence electrons. The average Bonchev–Trinajstić information content (AvgIpc) is 1.99. The lowest BCUT2D eigenvalue weighted by atomic mass is 10.4. The first-order valence-electron chi connectivity index (χ1n) is 4.26. The van der Waals surface area contributed by atoms with E-state index in [1.165, 1.54) is 0 Å². The summed E-state index contributed by atoms with van der Waals surface area (Å²) in [5.41, 5.74) is 1.08. The second-order valence-electron chi connectivity index (χ2n) is 3.21. The van der Waals surface area contributed by atoms with Gasteiger partial charge in [0.15, 0.2) is 0 Å². The molecule has 2 nitrogen and oxygen atoms in total. The SMILES string of the molecule is Cc1cc(=S)nc(CSC(C)C)[nH]1. The first-order valence-corrected chi connectivity index (χ1v) is 5.72. The second-order valence-corrected chi connectivity index (χ2v) is 5.19. The number of aromatic nitrogens is 2. The highest BCUT2D eigenvalue weighted by Gasteiger charge is 1.99. The molecule has 0 unspecified atom stereocenters. The van der Waals surface area contributed by atoms with E-state index in [2.05, 4.69) is 23.8 Å². The van der Waals surface area contributed by atoms with Crippen LogP contribution < -0.4 is 0 Å². The first-order chi connectivity index (χ1) is 6.08. The molecule has 4 heteroatoms. The minimum absolute atomic E-state index is 0.629. The highest BCUT2D eigenvalue weighted by atomic mass is 32.2. The summed E-state index contributed by atoms with van der Waals surface area (Å²) in [5.74, 6) is 1.88. The van der Waals surface area contributed by atoms with Crippen LogP contribution in [0.25, 0.3) is 0 Å². The van der Waals surface area contributed by atoms with E-state index >= 15 is 0 Å². The van der Waals surface area contributed by atoms with E-state index in [4.69, 9.17) is 12.2 Å². The van der Waals surface area contributed by atoms with Crippen LogP contribution in [0.15, 0.2) is 6.07 Å². The third-order valence-electron chi connectivity index (χ3n) is 1.48. The maximum Gasteiger partial charge on any atom is 0.130 e. The molecule has 0 fully saturated rings. The minimum atomic E-state index is 0.629. The molecule has 1 N–H and O–H groups in total. The number of nitrogens with one attached hydrogen (secondary N) is 1. The van der Waals surface area contributed by atoms with E-state index < -0.39 is 0 Å². The first kappa shape index (κ1) is 10.7. The Balaban J connectivity index is 2.72. The Morgan fingerprint density at radius 3 is 2.85 bits per heavy atom. The van der Waals surface area contributed by atoms with Crippen molar-refractivity contribution in [2.24, 2.45) is 0 Å². The monoisotopic (exact) mass is 214 g/mol.